The van der Waals surface area contributed by atoms with Crippen LogP contribution in [-0.4, -0.2) is 29.4 Å². The van der Waals surface area contributed by atoms with E-state index in [0.717, 1.165) is 5.56 Å². The van der Waals surface area contributed by atoms with Gasteiger partial charge in [0.05, 0.1) is 10.6 Å². The van der Waals surface area contributed by atoms with Gasteiger partial charge < -0.3 is 10.1 Å². The summed E-state index contributed by atoms with van der Waals surface area (Å²) in [5.41, 5.74) is 1.37. The average molecular weight is 404 g/mol. The third-order valence-electron chi connectivity index (χ3n) is 4.38. The van der Waals surface area contributed by atoms with E-state index in [-0.39, 0.29) is 17.9 Å². The zero-order valence-corrected chi connectivity index (χ0v) is 16.0. The normalized spacial score (nSPS) is 15.6. The van der Waals surface area contributed by atoms with E-state index >= 15 is 0 Å². The lowest BCUT2D eigenvalue weighted by molar-refractivity contribution is -0.384. The first-order chi connectivity index (χ1) is 13.3. The molecule has 9 heteroatoms. The molecule has 0 saturated carbocycles. The van der Waals surface area contributed by atoms with Crippen molar-refractivity contribution in [3.8, 4) is 5.75 Å². The number of nitro benzene ring substituents is 1. The lowest BCUT2D eigenvalue weighted by Gasteiger charge is -2.33. The van der Waals surface area contributed by atoms with Crippen LogP contribution in [0.4, 0.5) is 17.1 Å². The van der Waals surface area contributed by atoms with Gasteiger partial charge in [0, 0.05) is 22.8 Å². The molecule has 1 aliphatic rings. The molecule has 0 radical (unpaired) electrons. The molecule has 0 saturated heterocycles. The summed E-state index contributed by atoms with van der Waals surface area (Å²) in [4.78, 5) is 37.0. The number of non-ortho nitro benzene ring substituents is 1. The highest BCUT2D eigenvalue weighted by Gasteiger charge is 2.35. The van der Waals surface area contributed by atoms with E-state index in [0.29, 0.717) is 22.9 Å². The predicted molar refractivity (Wildman–Crippen MR) is 105 cm³/mol. The molecule has 8 nitrogen and oxygen atoms in total. The third-order valence-corrected chi connectivity index (χ3v) is 4.79. The van der Waals surface area contributed by atoms with Gasteiger partial charge in [-0.05, 0) is 37.1 Å². The molecule has 0 bridgehead atoms. The number of carbonyl (C=O) groups excluding carboxylic acids is 2. The maximum atomic E-state index is 12.7. The van der Waals surface area contributed by atoms with Crippen molar-refractivity contribution in [1.82, 2.24) is 0 Å². The zero-order chi connectivity index (χ0) is 20.4. The first-order valence-electron chi connectivity index (χ1n) is 8.62. The van der Waals surface area contributed by atoms with Crippen LogP contribution in [0, 0.1) is 17.0 Å². The fraction of sp³-hybridized carbons (Fsp3) is 0.263. The van der Waals surface area contributed by atoms with Crippen LogP contribution < -0.4 is 15.0 Å². The number of aryl methyl sites for hydroxylation is 1. The number of nitro groups is 1. The number of halogens is 1. The van der Waals surface area contributed by atoms with Crippen molar-refractivity contribution in [3.63, 3.8) is 0 Å². The SMILES string of the molecule is CCC1Oc2ccc([N+](=O)[O-])cc2N(CC(=O)Nc2ccc(C)c(Cl)c2)C1=O. The van der Waals surface area contributed by atoms with Crippen LogP contribution in [0.15, 0.2) is 36.4 Å². The van der Waals surface area contributed by atoms with E-state index in [1.807, 2.05) is 6.92 Å². The quantitative estimate of drug-likeness (QED) is 0.605. The molecule has 0 aromatic heterocycles. The number of fused-ring (bicyclic) bond motifs is 1. The molecule has 3 rings (SSSR count). The lowest BCUT2D eigenvalue weighted by atomic mass is 10.1. The topological polar surface area (TPSA) is 102 Å². The van der Waals surface area contributed by atoms with E-state index in [2.05, 4.69) is 5.32 Å². The first kappa shape index (κ1) is 19.6. The van der Waals surface area contributed by atoms with Crippen LogP contribution in [-0.2, 0) is 9.59 Å². The molecular weight excluding hydrogens is 386 g/mol. The minimum absolute atomic E-state index is 0.194. The van der Waals surface area contributed by atoms with Crippen LogP contribution >= 0.6 is 11.6 Å². The van der Waals surface area contributed by atoms with Gasteiger partial charge in [0.15, 0.2) is 6.10 Å². The monoisotopic (exact) mass is 403 g/mol. The molecule has 2 aromatic carbocycles. The maximum Gasteiger partial charge on any atom is 0.271 e. The Balaban J connectivity index is 1.87. The van der Waals surface area contributed by atoms with Gasteiger partial charge in [-0.1, -0.05) is 24.6 Å². The van der Waals surface area contributed by atoms with E-state index in [9.17, 15) is 19.7 Å². The van der Waals surface area contributed by atoms with Crippen molar-refractivity contribution in [3.05, 3.63) is 57.1 Å². The number of nitrogens with zero attached hydrogens (tertiary/aromatic N) is 2. The van der Waals surface area contributed by atoms with Gasteiger partial charge in [-0.2, -0.15) is 0 Å². The summed E-state index contributed by atoms with van der Waals surface area (Å²) in [6.07, 6.45) is -0.350. The van der Waals surface area contributed by atoms with Crippen LogP contribution in [0.25, 0.3) is 0 Å². The van der Waals surface area contributed by atoms with Gasteiger partial charge in [-0.25, -0.2) is 0 Å². The Morgan fingerprint density at radius 1 is 1.32 bits per heavy atom. The highest BCUT2D eigenvalue weighted by atomic mass is 35.5. The molecule has 1 N–H and O–H groups in total. The first-order valence-corrected chi connectivity index (χ1v) is 9.00. The minimum atomic E-state index is -0.754. The van der Waals surface area contributed by atoms with Crippen LogP contribution in [0.2, 0.25) is 5.02 Å². The van der Waals surface area contributed by atoms with Gasteiger partial charge >= 0.3 is 0 Å². The maximum absolute atomic E-state index is 12.7. The average Bonchev–Trinajstić information content (AvgIpc) is 2.66. The van der Waals surface area contributed by atoms with Crippen molar-refractivity contribution in [2.24, 2.45) is 0 Å². The Morgan fingerprint density at radius 3 is 2.71 bits per heavy atom. The lowest BCUT2D eigenvalue weighted by Crippen LogP contribution is -2.48. The molecule has 0 spiro atoms. The molecule has 28 heavy (non-hydrogen) atoms. The highest BCUT2D eigenvalue weighted by Crippen LogP contribution is 2.37. The molecule has 146 valence electrons. The summed E-state index contributed by atoms with van der Waals surface area (Å²) in [6.45, 7) is 3.32. The molecule has 0 fully saturated rings. The van der Waals surface area contributed by atoms with Crippen molar-refractivity contribution in [2.45, 2.75) is 26.4 Å². The van der Waals surface area contributed by atoms with E-state index in [4.69, 9.17) is 16.3 Å². The van der Waals surface area contributed by atoms with Gasteiger partial charge in [-0.15, -0.1) is 0 Å². The Bertz CT molecular complexity index is 963. The van der Waals surface area contributed by atoms with Crippen molar-refractivity contribution >= 4 is 40.5 Å². The Labute approximate surface area is 166 Å². The Morgan fingerprint density at radius 2 is 2.07 bits per heavy atom. The molecule has 1 heterocycles. The minimum Gasteiger partial charge on any atom is -0.478 e. The summed E-state index contributed by atoms with van der Waals surface area (Å²) >= 11 is 6.07. The number of rotatable bonds is 5. The number of amides is 2. The summed E-state index contributed by atoms with van der Waals surface area (Å²) < 4.78 is 5.62. The fourth-order valence-electron chi connectivity index (χ4n) is 2.86. The molecular formula is C19H18ClN3O5. The van der Waals surface area contributed by atoms with E-state index < -0.39 is 22.8 Å². The van der Waals surface area contributed by atoms with Crippen molar-refractivity contribution in [1.29, 1.82) is 0 Å². The largest absolute Gasteiger partial charge is 0.478 e. The van der Waals surface area contributed by atoms with E-state index in [1.54, 1.807) is 25.1 Å². The molecule has 1 unspecified atom stereocenters. The van der Waals surface area contributed by atoms with Crippen molar-refractivity contribution < 1.29 is 19.2 Å². The second-order valence-electron chi connectivity index (χ2n) is 6.36. The van der Waals surface area contributed by atoms with Gasteiger partial charge in [0.2, 0.25) is 5.91 Å². The molecule has 1 aliphatic heterocycles. The third kappa shape index (κ3) is 3.91. The molecule has 2 amide bonds. The number of benzene rings is 2. The summed E-state index contributed by atoms with van der Waals surface area (Å²) in [7, 11) is 0. The standard InChI is InChI=1S/C19H18ClN3O5/c1-3-16-19(25)22(15-9-13(23(26)27)6-7-17(15)28-16)10-18(24)21-12-5-4-11(2)14(20)8-12/h4-9,16H,3,10H2,1-2H3,(H,21,24). The van der Waals surface area contributed by atoms with Crippen LogP contribution in [0.3, 0.4) is 0 Å². The molecule has 2 aromatic rings. The Hall–Kier alpha value is -3.13. The number of hydrogen-bond donors (Lipinski definition) is 1. The number of carbonyl (C=O) groups is 2. The second-order valence-corrected chi connectivity index (χ2v) is 6.77. The summed E-state index contributed by atoms with van der Waals surface area (Å²) in [5, 5.41) is 14.3. The number of nitrogens with one attached hydrogen (secondary N) is 1. The van der Waals surface area contributed by atoms with Crippen molar-refractivity contribution in [2.75, 3.05) is 16.8 Å². The van der Waals surface area contributed by atoms with Gasteiger partial charge in [0.25, 0.3) is 11.6 Å². The zero-order valence-electron chi connectivity index (χ0n) is 15.3. The van der Waals surface area contributed by atoms with Crippen LogP contribution in [0.5, 0.6) is 5.75 Å². The van der Waals surface area contributed by atoms with E-state index in [1.165, 1.54) is 23.1 Å². The fourth-order valence-corrected chi connectivity index (χ4v) is 3.04. The van der Waals surface area contributed by atoms with Gasteiger partial charge in [0.1, 0.15) is 12.3 Å². The second kappa shape index (κ2) is 7.85. The molecule has 0 aliphatic carbocycles. The predicted octanol–water partition coefficient (Wildman–Crippen LogP) is 3.70. The smallest absolute Gasteiger partial charge is 0.271 e. The number of ether oxygens (including phenoxy) is 1. The number of anilines is 2. The summed E-state index contributed by atoms with van der Waals surface area (Å²) in [5.74, 6) is -0.557. The number of hydrogen-bond acceptors (Lipinski definition) is 5. The highest BCUT2D eigenvalue weighted by molar-refractivity contribution is 6.31. The van der Waals surface area contributed by atoms with Gasteiger partial charge in [-0.3, -0.25) is 24.6 Å². The molecule has 1 atom stereocenters. The van der Waals surface area contributed by atoms with Crippen LogP contribution in [0.1, 0.15) is 18.9 Å². The Kier molecular flexibility index (Phi) is 5.51. The summed E-state index contributed by atoms with van der Waals surface area (Å²) in [6, 6.07) is 9.05.